The Labute approximate surface area is 259 Å². The minimum atomic E-state index is -0.685. The lowest BCUT2D eigenvalue weighted by Crippen LogP contribution is -2.35. The maximum absolute atomic E-state index is 12.8. The van der Waals surface area contributed by atoms with Gasteiger partial charge < -0.3 is 23.7 Å². The number of aromatic nitrogens is 3. The van der Waals surface area contributed by atoms with Gasteiger partial charge in [-0.2, -0.15) is 0 Å². The molecule has 4 aromatic rings. The Balaban J connectivity index is 1.55. The van der Waals surface area contributed by atoms with Crippen molar-refractivity contribution in [1.29, 1.82) is 0 Å². The van der Waals surface area contributed by atoms with Gasteiger partial charge in [0.25, 0.3) is 0 Å². The molecule has 1 N–H and O–H groups in total. The molecule has 0 aliphatic carbocycles. The molecule has 2 amide bonds. The number of carbonyl (C=O) groups excluding carboxylic acids is 2. The normalized spacial score (nSPS) is 15.4. The van der Waals surface area contributed by atoms with Gasteiger partial charge in [0, 0.05) is 18.7 Å². The Bertz CT molecular complexity index is 1620. The van der Waals surface area contributed by atoms with Crippen LogP contribution in [0, 0.1) is 0 Å². The molecule has 1 aliphatic rings. The smallest absolute Gasteiger partial charge is 0.413 e. The quantitative estimate of drug-likeness (QED) is 0.232. The number of para-hydroxylation sites is 1. The van der Waals surface area contributed by atoms with E-state index in [1.165, 1.54) is 6.33 Å². The lowest BCUT2D eigenvalue weighted by atomic mass is 10.1. The van der Waals surface area contributed by atoms with Crippen LogP contribution in [0.5, 0.6) is 11.5 Å². The topological polar surface area (TPSA) is 108 Å². The van der Waals surface area contributed by atoms with Gasteiger partial charge in [-0.15, -0.1) is 0 Å². The number of fused-ring (bicyclic) bond motifs is 1. The Morgan fingerprint density at radius 3 is 2.21 bits per heavy atom. The van der Waals surface area contributed by atoms with Crippen LogP contribution in [0.2, 0.25) is 0 Å². The summed E-state index contributed by atoms with van der Waals surface area (Å²) in [6.07, 6.45) is 1.15. The number of halogens is 1. The summed E-state index contributed by atoms with van der Waals surface area (Å²) in [6.45, 7) is 12.0. The molecule has 10 nitrogen and oxygen atoms in total. The Morgan fingerprint density at radius 1 is 0.907 bits per heavy atom. The van der Waals surface area contributed by atoms with E-state index in [-0.39, 0.29) is 12.1 Å². The van der Waals surface area contributed by atoms with Crippen molar-refractivity contribution in [2.75, 3.05) is 18.4 Å². The van der Waals surface area contributed by atoms with Crippen molar-refractivity contribution in [1.82, 2.24) is 19.4 Å². The fourth-order valence-corrected chi connectivity index (χ4v) is 5.84. The molecule has 1 unspecified atom stereocenters. The van der Waals surface area contributed by atoms with Crippen molar-refractivity contribution >= 4 is 45.0 Å². The summed E-state index contributed by atoms with van der Waals surface area (Å²) >= 11 is 3.85. The predicted octanol–water partition coefficient (Wildman–Crippen LogP) is 8.18. The van der Waals surface area contributed by atoms with Gasteiger partial charge in [-0.1, -0.05) is 30.3 Å². The zero-order valence-corrected chi connectivity index (χ0v) is 26.8. The minimum Gasteiger partial charge on any atom is -0.457 e. The molecule has 5 rings (SSSR count). The lowest BCUT2D eigenvalue weighted by Gasteiger charge is -2.24. The minimum absolute atomic E-state index is 0.0943. The number of rotatable bonds is 5. The third-order valence-corrected chi connectivity index (χ3v) is 7.42. The highest BCUT2D eigenvalue weighted by molar-refractivity contribution is 9.10. The molecule has 1 fully saturated rings. The molecule has 0 bridgehead atoms. The predicted molar refractivity (Wildman–Crippen MR) is 168 cm³/mol. The highest BCUT2D eigenvalue weighted by Crippen LogP contribution is 2.44. The van der Waals surface area contributed by atoms with Gasteiger partial charge in [-0.3, -0.25) is 5.32 Å². The Hall–Kier alpha value is -4.12. The first kappa shape index (κ1) is 30.3. The second-order valence-corrected chi connectivity index (χ2v) is 13.1. The van der Waals surface area contributed by atoms with Crippen LogP contribution in [0.15, 0.2) is 65.5 Å². The average Bonchev–Trinajstić information content (AvgIpc) is 3.51. The molecule has 2 aromatic heterocycles. The molecule has 1 atom stereocenters. The Morgan fingerprint density at radius 2 is 1.56 bits per heavy atom. The van der Waals surface area contributed by atoms with E-state index >= 15 is 0 Å². The van der Waals surface area contributed by atoms with E-state index in [2.05, 4.69) is 35.8 Å². The van der Waals surface area contributed by atoms with Crippen LogP contribution in [0.25, 0.3) is 22.2 Å². The van der Waals surface area contributed by atoms with Crippen molar-refractivity contribution in [3.63, 3.8) is 0 Å². The molecule has 11 heteroatoms. The van der Waals surface area contributed by atoms with Gasteiger partial charge in [0.1, 0.15) is 40.5 Å². The van der Waals surface area contributed by atoms with Crippen molar-refractivity contribution < 1.29 is 23.8 Å². The average molecular weight is 651 g/mol. The van der Waals surface area contributed by atoms with E-state index in [4.69, 9.17) is 14.2 Å². The lowest BCUT2D eigenvalue weighted by molar-refractivity contribution is 0.0288. The number of hydrogen-bond donors (Lipinski definition) is 1. The fraction of sp³-hybridized carbons (Fsp3) is 0.375. The van der Waals surface area contributed by atoms with Crippen LogP contribution in [-0.4, -0.2) is 55.9 Å². The number of ether oxygens (including phenoxy) is 3. The fourth-order valence-electron chi connectivity index (χ4n) is 4.96. The van der Waals surface area contributed by atoms with Crippen LogP contribution < -0.4 is 10.1 Å². The van der Waals surface area contributed by atoms with Crippen molar-refractivity contribution in [3.05, 3.63) is 65.5 Å². The molecule has 2 aromatic carbocycles. The first-order valence-corrected chi connectivity index (χ1v) is 14.9. The Kier molecular flexibility index (Phi) is 8.38. The van der Waals surface area contributed by atoms with Crippen LogP contribution in [0.3, 0.4) is 0 Å². The number of nitrogens with zero attached hydrogens (tertiary/aromatic N) is 4. The molecule has 226 valence electrons. The van der Waals surface area contributed by atoms with E-state index in [9.17, 15) is 9.59 Å². The molecular formula is C32H36BrN5O5. The molecule has 0 radical (unpaired) electrons. The van der Waals surface area contributed by atoms with E-state index in [0.29, 0.717) is 42.1 Å². The van der Waals surface area contributed by atoms with Gasteiger partial charge in [-0.25, -0.2) is 19.6 Å². The van der Waals surface area contributed by atoms with Crippen LogP contribution in [0.1, 0.15) is 54.0 Å². The third-order valence-electron chi connectivity index (χ3n) is 6.64. The maximum atomic E-state index is 12.8. The van der Waals surface area contributed by atoms with Crippen molar-refractivity contribution in [2.45, 2.75) is 65.2 Å². The molecular weight excluding hydrogens is 614 g/mol. The first-order chi connectivity index (χ1) is 20.3. The van der Waals surface area contributed by atoms with E-state index in [0.717, 1.165) is 21.5 Å². The second-order valence-electron chi connectivity index (χ2n) is 12.4. The van der Waals surface area contributed by atoms with E-state index < -0.39 is 17.3 Å². The number of hydrogen-bond acceptors (Lipinski definition) is 7. The number of anilines is 1. The SMILES string of the molecule is CC(C)(C)OC(=O)Nc1ncnc2c1c(-c1ccc(Oc3ccccc3)cc1)c(Br)n2C1CCN(C(=O)OC(C)(C)C)C1. The standard InChI is InChI=1S/C32H36BrN5O5/c1-31(2,3)42-29(39)36-27-25-24(20-12-14-23(15-13-20)41-22-10-8-7-9-11-22)26(33)38(28(25)35-19-34-27)21-16-17-37(18-21)30(40)43-32(4,5)6/h7-15,19,21H,16-18H2,1-6H3,(H,34,35,36,39). The monoisotopic (exact) mass is 649 g/mol. The van der Waals surface area contributed by atoms with Crippen molar-refractivity contribution in [3.8, 4) is 22.6 Å². The first-order valence-electron chi connectivity index (χ1n) is 14.1. The van der Waals surface area contributed by atoms with Gasteiger partial charge >= 0.3 is 12.2 Å². The molecule has 43 heavy (non-hydrogen) atoms. The maximum Gasteiger partial charge on any atom is 0.413 e. The highest BCUT2D eigenvalue weighted by atomic mass is 79.9. The molecule has 1 aliphatic heterocycles. The van der Waals surface area contributed by atoms with Gasteiger partial charge in [0.05, 0.1) is 16.0 Å². The van der Waals surface area contributed by atoms with Gasteiger partial charge in [0.15, 0.2) is 0 Å². The zero-order valence-electron chi connectivity index (χ0n) is 25.2. The summed E-state index contributed by atoms with van der Waals surface area (Å²) in [5, 5.41) is 3.47. The highest BCUT2D eigenvalue weighted by Gasteiger charge is 2.34. The third kappa shape index (κ3) is 7.10. The number of amides is 2. The summed E-state index contributed by atoms with van der Waals surface area (Å²) < 4.78 is 20.0. The molecule has 0 spiro atoms. The molecule has 0 saturated carbocycles. The summed E-state index contributed by atoms with van der Waals surface area (Å²) in [7, 11) is 0. The summed E-state index contributed by atoms with van der Waals surface area (Å²) in [6, 6.07) is 17.2. The van der Waals surface area contributed by atoms with Crippen LogP contribution >= 0.6 is 15.9 Å². The zero-order chi connectivity index (χ0) is 30.9. The number of likely N-dealkylation sites (tertiary alicyclic amines) is 1. The van der Waals surface area contributed by atoms with Crippen molar-refractivity contribution in [2.24, 2.45) is 0 Å². The summed E-state index contributed by atoms with van der Waals surface area (Å²) in [5.74, 6) is 1.74. The number of carbonyl (C=O) groups is 2. The number of nitrogens with one attached hydrogen (secondary N) is 1. The van der Waals surface area contributed by atoms with E-state index in [1.807, 2.05) is 75.4 Å². The molecule has 1 saturated heterocycles. The van der Waals surface area contributed by atoms with Crippen LogP contribution in [-0.2, 0) is 9.47 Å². The van der Waals surface area contributed by atoms with Gasteiger partial charge in [0.2, 0.25) is 0 Å². The van der Waals surface area contributed by atoms with Gasteiger partial charge in [-0.05, 0) is 93.7 Å². The second kappa shape index (κ2) is 11.9. The van der Waals surface area contributed by atoms with Crippen LogP contribution in [0.4, 0.5) is 15.4 Å². The largest absolute Gasteiger partial charge is 0.457 e. The summed E-state index contributed by atoms with van der Waals surface area (Å²) in [4.78, 5) is 36.5. The number of benzene rings is 2. The summed E-state index contributed by atoms with van der Waals surface area (Å²) in [5.41, 5.74) is 0.997. The molecule has 3 heterocycles. The van der Waals surface area contributed by atoms with E-state index in [1.54, 1.807) is 25.7 Å².